The van der Waals surface area contributed by atoms with Gasteiger partial charge in [0.25, 0.3) is 0 Å². The molecule has 1 aliphatic heterocycles. The molecule has 1 saturated heterocycles. The van der Waals surface area contributed by atoms with Crippen molar-refractivity contribution in [2.24, 2.45) is 11.7 Å². The van der Waals surface area contributed by atoms with E-state index in [2.05, 4.69) is 5.32 Å². The summed E-state index contributed by atoms with van der Waals surface area (Å²) < 4.78 is 5.57. The number of carbonyl (C=O) groups is 1. The fraction of sp³-hybridized carbons (Fsp3) is 0.909. The van der Waals surface area contributed by atoms with Crippen LogP contribution in [-0.2, 0) is 9.53 Å². The van der Waals surface area contributed by atoms with Crippen LogP contribution < -0.4 is 11.1 Å². The quantitative estimate of drug-likeness (QED) is 0.706. The van der Waals surface area contributed by atoms with Gasteiger partial charge in [-0.05, 0) is 25.7 Å². The molecule has 2 unspecified atom stereocenters. The van der Waals surface area contributed by atoms with Crippen LogP contribution in [0.15, 0.2) is 0 Å². The zero-order valence-electron chi connectivity index (χ0n) is 9.50. The number of ether oxygens (including phenoxy) is 1. The summed E-state index contributed by atoms with van der Waals surface area (Å²) in [6.07, 6.45) is 4.81. The van der Waals surface area contributed by atoms with Crippen molar-refractivity contribution in [2.75, 3.05) is 19.7 Å². The Kier molecular flexibility index (Phi) is 5.65. The molecule has 0 aliphatic carbocycles. The Labute approximate surface area is 91.5 Å². The van der Waals surface area contributed by atoms with Crippen LogP contribution in [0.3, 0.4) is 0 Å². The number of nitrogens with one attached hydrogen (secondary N) is 1. The highest BCUT2D eigenvalue weighted by atomic mass is 16.5. The standard InChI is InChI=1S/C11H22N2O2/c1-9(8-12)11(14)13-6-5-10-4-2-3-7-15-10/h9-10H,2-8,12H2,1H3,(H,13,14). The highest BCUT2D eigenvalue weighted by Crippen LogP contribution is 2.14. The van der Waals surface area contributed by atoms with Crippen molar-refractivity contribution in [1.29, 1.82) is 0 Å². The molecule has 1 heterocycles. The Morgan fingerprint density at radius 2 is 2.40 bits per heavy atom. The van der Waals surface area contributed by atoms with Crippen molar-refractivity contribution in [3.05, 3.63) is 0 Å². The Morgan fingerprint density at radius 3 is 3.00 bits per heavy atom. The average Bonchev–Trinajstić information content (AvgIpc) is 2.29. The van der Waals surface area contributed by atoms with Crippen LogP contribution >= 0.6 is 0 Å². The second-order valence-corrected chi connectivity index (χ2v) is 4.21. The van der Waals surface area contributed by atoms with Crippen molar-refractivity contribution < 1.29 is 9.53 Å². The molecule has 1 aliphatic rings. The molecule has 1 rings (SSSR count). The van der Waals surface area contributed by atoms with E-state index in [-0.39, 0.29) is 11.8 Å². The summed E-state index contributed by atoms with van der Waals surface area (Å²) in [6.45, 7) is 3.82. The third-order valence-electron chi connectivity index (χ3n) is 2.84. The molecule has 88 valence electrons. The van der Waals surface area contributed by atoms with Gasteiger partial charge in [-0.1, -0.05) is 6.92 Å². The Bertz CT molecular complexity index is 191. The molecule has 0 aromatic carbocycles. The van der Waals surface area contributed by atoms with Crippen LogP contribution in [0.4, 0.5) is 0 Å². The van der Waals surface area contributed by atoms with E-state index in [1.807, 2.05) is 6.92 Å². The van der Waals surface area contributed by atoms with Crippen LogP contribution in [0.5, 0.6) is 0 Å². The number of rotatable bonds is 5. The maximum absolute atomic E-state index is 11.4. The second kappa shape index (κ2) is 6.80. The predicted molar refractivity (Wildman–Crippen MR) is 59.4 cm³/mol. The topological polar surface area (TPSA) is 64.4 Å². The summed E-state index contributed by atoms with van der Waals surface area (Å²) in [4.78, 5) is 11.4. The molecule has 2 atom stereocenters. The third kappa shape index (κ3) is 4.62. The number of carbonyl (C=O) groups excluding carboxylic acids is 1. The van der Waals surface area contributed by atoms with Crippen molar-refractivity contribution >= 4 is 5.91 Å². The summed E-state index contributed by atoms with van der Waals surface area (Å²) in [6, 6.07) is 0. The Hall–Kier alpha value is -0.610. The summed E-state index contributed by atoms with van der Waals surface area (Å²) >= 11 is 0. The molecule has 3 N–H and O–H groups in total. The first-order valence-electron chi connectivity index (χ1n) is 5.83. The molecule has 15 heavy (non-hydrogen) atoms. The highest BCUT2D eigenvalue weighted by Gasteiger charge is 2.15. The van der Waals surface area contributed by atoms with Crippen LogP contribution in [0.1, 0.15) is 32.6 Å². The van der Waals surface area contributed by atoms with Gasteiger partial charge in [0.2, 0.25) is 5.91 Å². The van der Waals surface area contributed by atoms with Gasteiger partial charge in [-0.2, -0.15) is 0 Å². The van der Waals surface area contributed by atoms with Gasteiger partial charge in [-0.3, -0.25) is 4.79 Å². The van der Waals surface area contributed by atoms with E-state index in [0.29, 0.717) is 19.2 Å². The normalized spacial score (nSPS) is 23.5. The number of hydrogen-bond donors (Lipinski definition) is 2. The maximum atomic E-state index is 11.4. The first-order chi connectivity index (χ1) is 7.24. The smallest absolute Gasteiger partial charge is 0.224 e. The van der Waals surface area contributed by atoms with E-state index in [4.69, 9.17) is 10.5 Å². The summed E-state index contributed by atoms with van der Waals surface area (Å²) in [5.74, 6) is -0.0365. The fourth-order valence-corrected chi connectivity index (χ4v) is 1.67. The lowest BCUT2D eigenvalue weighted by molar-refractivity contribution is -0.124. The van der Waals surface area contributed by atoms with Gasteiger partial charge in [0, 0.05) is 25.6 Å². The van der Waals surface area contributed by atoms with Gasteiger partial charge in [0.05, 0.1) is 6.10 Å². The molecule has 0 spiro atoms. The average molecular weight is 214 g/mol. The second-order valence-electron chi connectivity index (χ2n) is 4.21. The van der Waals surface area contributed by atoms with E-state index in [1.54, 1.807) is 0 Å². The lowest BCUT2D eigenvalue weighted by atomic mass is 10.1. The van der Waals surface area contributed by atoms with Gasteiger partial charge >= 0.3 is 0 Å². The Balaban J connectivity index is 2.07. The SMILES string of the molecule is CC(CN)C(=O)NCCC1CCCCO1. The molecule has 0 bridgehead atoms. The minimum atomic E-state index is -0.0859. The maximum Gasteiger partial charge on any atom is 0.224 e. The summed E-state index contributed by atoms with van der Waals surface area (Å²) in [7, 11) is 0. The van der Waals surface area contributed by atoms with Crippen molar-refractivity contribution in [3.8, 4) is 0 Å². The van der Waals surface area contributed by atoms with Gasteiger partial charge in [-0.15, -0.1) is 0 Å². The van der Waals surface area contributed by atoms with Crippen molar-refractivity contribution in [2.45, 2.75) is 38.7 Å². The van der Waals surface area contributed by atoms with Crippen LogP contribution in [0.2, 0.25) is 0 Å². The molecule has 0 saturated carbocycles. The monoisotopic (exact) mass is 214 g/mol. The summed E-state index contributed by atoms with van der Waals surface area (Å²) in [5, 5.41) is 2.88. The molecule has 1 amide bonds. The van der Waals surface area contributed by atoms with Crippen LogP contribution in [0, 0.1) is 5.92 Å². The predicted octanol–water partition coefficient (Wildman–Crippen LogP) is 0.657. The number of hydrogen-bond acceptors (Lipinski definition) is 3. The molecular formula is C11H22N2O2. The fourth-order valence-electron chi connectivity index (χ4n) is 1.67. The first kappa shape index (κ1) is 12.5. The van der Waals surface area contributed by atoms with E-state index in [0.717, 1.165) is 19.4 Å². The lowest BCUT2D eigenvalue weighted by Gasteiger charge is -2.22. The van der Waals surface area contributed by atoms with Gasteiger partial charge < -0.3 is 15.8 Å². The van der Waals surface area contributed by atoms with Crippen molar-refractivity contribution in [3.63, 3.8) is 0 Å². The minimum Gasteiger partial charge on any atom is -0.378 e. The summed E-state index contributed by atoms with van der Waals surface area (Å²) in [5.41, 5.74) is 5.40. The molecule has 0 radical (unpaired) electrons. The number of nitrogens with two attached hydrogens (primary N) is 1. The van der Waals surface area contributed by atoms with E-state index < -0.39 is 0 Å². The first-order valence-corrected chi connectivity index (χ1v) is 5.83. The largest absolute Gasteiger partial charge is 0.378 e. The minimum absolute atomic E-state index is 0.0494. The molecule has 0 aromatic rings. The van der Waals surface area contributed by atoms with E-state index in [9.17, 15) is 4.79 Å². The lowest BCUT2D eigenvalue weighted by Crippen LogP contribution is -2.35. The van der Waals surface area contributed by atoms with E-state index in [1.165, 1.54) is 12.8 Å². The van der Waals surface area contributed by atoms with Crippen molar-refractivity contribution in [1.82, 2.24) is 5.32 Å². The van der Waals surface area contributed by atoms with Gasteiger partial charge in [0.15, 0.2) is 0 Å². The zero-order chi connectivity index (χ0) is 11.1. The van der Waals surface area contributed by atoms with Gasteiger partial charge in [-0.25, -0.2) is 0 Å². The Morgan fingerprint density at radius 1 is 1.60 bits per heavy atom. The number of amides is 1. The molecular weight excluding hydrogens is 192 g/mol. The zero-order valence-corrected chi connectivity index (χ0v) is 9.50. The highest BCUT2D eigenvalue weighted by molar-refractivity contribution is 5.78. The molecule has 1 fully saturated rings. The van der Waals surface area contributed by atoms with Gasteiger partial charge in [0.1, 0.15) is 0 Å². The van der Waals surface area contributed by atoms with Crippen LogP contribution in [-0.4, -0.2) is 31.7 Å². The third-order valence-corrected chi connectivity index (χ3v) is 2.84. The van der Waals surface area contributed by atoms with Crippen LogP contribution in [0.25, 0.3) is 0 Å². The molecule has 4 heteroatoms. The molecule has 4 nitrogen and oxygen atoms in total. The van der Waals surface area contributed by atoms with E-state index >= 15 is 0 Å². The molecule has 0 aromatic heterocycles.